The Bertz CT molecular complexity index is 700. The summed E-state index contributed by atoms with van der Waals surface area (Å²) < 4.78 is 25.4. The molecule has 128 valence electrons. The molecule has 1 atom stereocenters. The molecule has 0 radical (unpaired) electrons. The van der Waals surface area contributed by atoms with Crippen LogP contribution in [0.5, 0.6) is 0 Å². The summed E-state index contributed by atoms with van der Waals surface area (Å²) in [5.74, 6) is 0.112. The van der Waals surface area contributed by atoms with Crippen molar-refractivity contribution in [3.05, 3.63) is 23.0 Å². The number of rotatable bonds is 3. The van der Waals surface area contributed by atoms with Crippen molar-refractivity contribution in [3.8, 4) is 0 Å². The molecule has 1 N–H and O–H groups in total. The van der Waals surface area contributed by atoms with Crippen LogP contribution in [0.2, 0.25) is 0 Å². The Hall–Kier alpha value is -1.30. The molecule has 2 fully saturated rings. The van der Waals surface area contributed by atoms with E-state index >= 15 is 0 Å². The molecule has 0 aromatic carbocycles. The van der Waals surface area contributed by atoms with Crippen LogP contribution >= 0.6 is 0 Å². The number of carbonyl (C=O) groups excluding carboxylic acids is 1. The molecule has 1 saturated heterocycles. The van der Waals surface area contributed by atoms with E-state index in [1.165, 1.54) is 32.1 Å². The molecule has 0 bridgehead atoms. The van der Waals surface area contributed by atoms with Crippen LogP contribution < -0.4 is 5.32 Å². The van der Waals surface area contributed by atoms with Crippen LogP contribution in [0.15, 0.2) is 6.07 Å². The van der Waals surface area contributed by atoms with Crippen LogP contribution in [0.3, 0.4) is 0 Å². The molecule has 2 heterocycles. The highest BCUT2D eigenvalue weighted by Gasteiger charge is 2.30. The molecule has 2 aliphatic rings. The summed E-state index contributed by atoms with van der Waals surface area (Å²) in [7, 11) is -2.97. The van der Waals surface area contributed by atoms with Gasteiger partial charge in [-0.3, -0.25) is 4.79 Å². The minimum absolute atomic E-state index is 0.0695. The monoisotopic (exact) mass is 338 g/mol. The van der Waals surface area contributed by atoms with Gasteiger partial charge in [-0.05, 0) is 39.2 Å². The number of nitrogens with one attached hydrogen (secondary N) is 1. The Balaban J connectivity index is 1.76. The molecular weight excluding hydrogens is 312 g/mol. The smallest absolute Gasteiger partial charge is 0.253 e. The predicted molar refractivity (Wildman–Crippen MR) is 90.6 cm³/mol. The maximum atomic E-state index is 12.6. The van der Waals surface area contributed by atoms with E-state index in [0.717, 1.165) is 11.4 Å². The van der Waals surface area contributed by atoms with Gasteiger partial charge in [0.05, 0.1) is 17.1 Å². The predicted octanol–water partition coefficient (Wildman–Crippen LogP) is 2.53. The Labute approximate surface area is 138 Å². The highest BCUT2D eigenvalue weighted by atomic mass is 32.2. The van der Waals surface area contributed by atoms with E-state index in [1.807, 2.05) is 13.0 Å². The first-order valence-corrected chi connectivity index (χ1v) is 10.4. The van der Waals surface area contributed by atoms with Gasteiger partial charge >= 0.3 is 0 Å². The van der Waals surface area contributed by atoms with Crippen molar-refractivity contribution in [2.45, 2.75) is 64.5 Å². The standard InChI is InChI=1S/C17H26N2O3S/c1-12-10-16(13(2)19(12)15-6-4-3-5-7-15)17(20)18-14-8-9-23(21,22)11-14/h10,14-15H,3-9,11H2,1-2H3,(H,18,20). The Morgan fingerprint density at radius 3 is 2.48 bits per heavy atom. The molecular formula is C17H26N2O3S. The van der Waals surface area contributed by atoms with Gasteiger partial charge in [0.15, 0.2) is 9.84 Å². The number of aromatic nitrogens is 1. The van der Waals surface area contributed by atoms with Gasteiger partial charge in [-0.1, -0.05) is 19.3 Å². The number of hydrogen-bond donors (Lipinski definition) is 1. The fourth-order valence-electron chi connectivity index (χ4n) is 4.08. The van der Waals surface area contributed by atoms with Crippen LogP contribution in [0.25, 0.3) is 0 Å². The van der Waals surface area contributed by atoms with Crippen molar-refractivity contribution in [2.24, 2.45) is 0 Å². The lowest BCUT2D eigenvalue weighted by molar-refractivity contribution is 0.0940. The Morgan fingerprint density at radius 1 is 1.17 bits per heavy atom. The van der Waals surface area contributed by atoms with Gasteiger partial charge in [-0.25, -0.2) is 8.42 Å². The Morgan fingerprint density at radius 2 is 1.87 bits per heavy atom. The number of amides is 1. The van der Waals surface area contributed by atoms with E-state index in [0.29, 0.717) is 18.0 Å². The molecule has 1 aromatic rings. The van der Waals surface area contributed by atoms with Crippen molar-refractivity contribution < 1.29 is 13.2 Å². The second-order valence-corrected chi connectivity index (χ2v) is 9.25. The van der Waals surface area contributed by atoms with Crippen LogP contribution in [0.4, 0.5) is 0 Å². The number of nitrogens with zero attached hydrogens (tertiary/aromatic N) is 1. The SMILES string of the molecule is Cc1cc(C(=O)NC2CCS(=O)(=O)C2)c(C)n1C1CCCCC1. The third kappa shape index (κ3) is 3.47. The van der Waals surface area contributed by atoms with Gasteiger partial charge in [0.2, 0.25) is 0 Å². The van der Waals surface area contributed by atoms with Crippen LogP contribution in [-0.2, 0) is 9.84 Å². The zero-order valence-corrected chi connectivity index (χ0v) is 14.8. The van der Waals surface area contributed by atoms with Crippen LogP contribution in [-0.4, -0.2) is 36.4 Å². The van der Waals surface area contributed by atoms with E-state index in [9.17, 15) is 13.2 Å². The molecule has 1 saturated carbocycles. The molecule has 23 heavy (non-hydrogen) atoms. The first kappa shape index (κ1) is 16.6. The van der Waals surface area contributed by atoms with Gasteiger partial charge in [0.25, 0.3) is 5.91 Å². The summed E-state index contributed by atoms with van der Waals surface area (Å²) in [5.41, 5.74) is 2.82. The van der Waals surface area contributed by atoms with Gasteiger partial charge in [0.1, 0.15) is 0 Å². The molecule has 6 heteroatoms. The van der Waals surface area contributed by atoms with Gasteiger partial charge in [0, 0.05) is 23.5 Å². The lowest BCUT2D eigenvalue weighted by Crippen LogP contribution is -2.35. The first-order valence-electron chi connectivity index (χ1n) is 8.57. The fourth-order valence-corrected chi connectivity index (χ4v) is 5.75. The topological polar surface area (TPSA) is 68.2 Å². The first-order chi connectivity index (χ1) is 10.9. The zero-order chi connectivity index (χ0) is 16.6. The van der Waals surface area contributed by atoms with Crippen molar-refractivity contribution in [3.63, 3.8) is 0 Å². The number of hydrogen-bond acceptors (Lipinski definition) is 3. The summed E-state index contributed by atoms with van der Waals surface area (Å²) in [6.45, 7) is 4.06. The third-order valence-corrected chi connectivity index (χ3v) is 7.00. The summed E-state index contributed by atoms with van der Waals surface area (Å²) in [6.07, 6.45) is 6.69. The van der Waals surface area contributed by atoms with Crippen molar-refractivity contribution >= 4 is 15.7 Å². The minimum Gasteiger partial charge on any atom is -0.348 e. The zero-order valence-electron chi connectivity index (χ0n) is 14.0. The summed E-state index contributed by atoms with van der Waals surface area (Å²) in [6, 6.07) is 2.20. The highest BCUT2D eigenvalue weighted by Crippen LogP contribution is 2.32. The molecule has 5 nitrogen and oxygen atoms in total. The van der Waals surface area contributed by atoms with Crippen molar-refractivity contribution in [2.75, 3.05) is 11.5 Å². The van der Waals surface area contributed by atoms with Crippen LogP contribution in [0.1, 0.15) is 66.3 Å². The van der Waals surface area contributed by atoms with Gasteiger partial charge in [-0.15, -0.1) is 0 Å². The van der Waals surface area contributed by atoms with E-state index in [4.69, 9.17) is 0 Å². The molecule has 1 aromatic heterocycles. The number of carbonyl (C=O) groups is 1. The second-order valence-electron chi connectivity index (χ2n) is 7.02. The van der Waals surface area contributed by atoms with E-state index < -0.39 is 9.84 Å². The van der Waals surface area contributed by atoms with Gasteiger partial charge in [-0.2, -0.15) is 0 Å². The fraction of sp³-hybridized carbons (Fsp3) is 0.706. The molecule has 1 amide bonds. The second kappa shape index (κ2) is 6.30. The van der Waals surface area contributed by atoms with Crippen LogP contribution in [0, 0.1) is 13.8 Å². The molecule has 1 aliphatic carbocycles. The summed E-state index contributed by atoms with van der Waals surface area (Å²) >= 11 is 0. The normalized spacial score (nSPS) is 24.7. The quantitative estimate of drug-likeness (QED) is 0.921. The lowest BCUT2D eigenvalue weighted by atomic mass is 9.95. The third-order valence-electron chi connectivity index (χ3n) is 5.24. The average Bonchev–Trinajstić information content (AvgIpc) is 2.99. The lowest BCUT2D eigenvalue weighted by Gasteiger charge is -2.26. The largest absolute Gasteiger partial charge is 0.348 e. The summed E-state index contributed by atoms with van der Waals surface area (Å²) in [4.78, 5) is 12.6. The maximum Gasteiger partial charge on any atom is 0.253 e. The average molecular weight is 338 g/mol. The van der Waals surface area contributed by atoms with E-state index in [2.05, 4.69) is 16.8 Å². The summed E-state index contributed by atoms with van der Waals surface area (Å²) in [5, 5.41) is 2.90. The molecule has 1 aliphatic heterocycles. The molecule has 1 unspecified atom stereocenters. The minimum atomic E-state index is -2.97. The number of sulfone groups is 1. The molecule has 0 spiro atoms. The number of aryl methyl sites for hydroxylation is 1. The highest BCUT2D eigenvalue weighted by molar-refractivity contribution is 7.91. The van der Waals surface area contributed by atoms with E-state index in [-0.39, 0.29) is 23.5 Å². The van der Waals surface area contributed by atoms with Crippen molar-refractivity contribution in [1.82, 2.24) is 9.88 Å². The van der Waals surface area contributed by atoms with Gasteiger partial charge < -0.3 is 9.88 Å². The van der Waals surface area contributed by atoms with E-state index in [1.54, 1.807) is 0 Å². The Kier molecular flexibility index (Phi) is 4.54. The maximum absolute atomic E-state index is 12.6. The molecule has 3 rings (SSSR count). The van der Waals surface area contributed by atoms with Crippen molar-refractivity contribution in [1.29, 1.82) is 0 Å².